The quantitative estimate of drug-likeness (QED) is 0.627. The predicted octanol–water partition coefficient (Wildman–Crippen LogP) is 3.44. The first-order chi connectivity index (χ1) is 8.95. The fraction of sp³-hybridized carbons (Fsp3) is 0.231. The smallest absolute Gasteiger partial charge is 0.312 e. The third-order valence-corrected chi connectivity index (χ3v) is 3.07. The van der Waals surface area contributed by atoms with Crippen molar-refractivity contribution in [1.29, 1.82) is 0 Å². The largest absolute Gasteiger partial charge is 0.469 e. The number of pyridine rings is 1. The fourth-order valence-corrected chi connectivity index (χ4v) is 2.11. The molecule has 3 nitrogen and oxygen atoms in total. The maximum Gasteiger partial charge on any atom is 0.312 e. The number of hydrogen-bond donors (Lipinski definition) is 0. The highest BCUT2D eigenvalue weighted by Gasteiger charge is 2.22. The van der Waals surface area contributed by atoms with E-state index in [1.54, 1.807) is 0 Å². The molecule has 2 aromatic rings. The summed E-state index contributed by atoms with van der Waals surface area (Å²) in [5.41, 5.74) is 0.0529. The number of hydrogen-bond acceptors (Lipinski definition) is 3. The predicted molar refractivity (Wildman–Crippen MR) is 67.1 cm³/mol. The van der Waals surface area contributed by atoms with Crippen LogP contribution in [0.25, 0.3) is 10.9 Å². The number of nitrogens with zero attached hydrogens (tertiary/aromatic N) is 1. The van der Waals surface area contributed by atoms with Crippen LogP contribution < -0.4 is 0 Å². The molecule has 6 heteroatoms. The molecule has 1 aromatic carbocycles. The molecule has 0 saturated carbocycles. The zero-order valence-electron chi connectivity index (χ0n) is 10.2. The second-order valence-corrected chi connectivity index (χ2v) is 4.42. The van der Waals surface area contributed by atoms with Crippen molar-refractivity contribution < 1.29 is 18.3 Å². The minimum absolute atomic E-state index is 0.0113. The van der Waals surface area contributed by atoms with Gasteiger partial charge in [-0.1, -0.05) is 11.6 Å². The number of halogens is 3. The molecule has 1 unspecified atom stereocenters. The number of aromatic nitrogens is 1. The number of esters is 1. The molecular formula is C13H10ClF2NO2. The van der Waals surface area contributed by atoms with Gasteiger partial charge in [0.25, 0.3) is 0 Å². The zero-order valence-corrected chi connectivity index (χ0v) is 11.0. The van der Waals surface area contributed by atoms with Gasteiger partial charge in [0.2, 0.25) is 0 Å². The molecule has 0 radical (unpaired) electrons. The minimum atomic E-state index is -0.774. The van der Waals surface area contributed by atoms with E-state index in [0.29, 0.717) is 0 Å². The Morgan fingerprint density at radius 2 is 2.00 bits per heavy atom. The Hall–Kier alpha value is -1.75. The van der Waals surface area contributed by atoms with Gasteiger partial charge >= 0.3 is 5.97 Å². The van der Waals surface area contributed by atoms with Gasteiger partial charge in [0.05, 0.1) is 13.0 Å². The first-order valence-electron chi connectivity index (χ1n) is 5.47. The van der Waals surface area contributed by atoms with Crippen molar-refractivity contribution in [2.24, 2.45) is 0 Å². The molecule has 0 aliphatic heterocycles. The lowest BCUT2D eigenvalue weighted by atomic mass is 9.97. The van der Waals surface area contributed by atoms with E-state index >= 15 is 0 Å². The van der Waals surface area contributed by atoms with Crippen molar-refractivity contribution in [3.63, 3.8) is 0 Å². The molecule has 0 spiro atoms. The van der Waals surface area contributed by atoms with Crippen molar-refractivity contribution in [3.05, 3.63) is 40.6 Å². The topological polar surface area (TPSA) is 39.2 Å². The molecule has 1 aromatic heterocycles. The summed E-state index contributed by atoms with van der Waals surface area (Å²) < 4.78 is 32.2. The first-order valence-corrected chi connectivity index (χ1v) is 5.85. The molecule has 0 amide bonds. The van der Waals surface area contributed by atoms with Gasteiger partial charge in [0.1, 0.15) is 22.3 Å². The van der Waals surface area contributed by atoms with E-state index in [1.807, 2.05) is 0 Å². The number of ether oxygens (including phenoxy) is 1. The average Bonchev–Trinajstić information content (AvgIpc) is 2.40. The summed E-state index contributed by atoms with van der Waals surface area (Å²) >= 11 is 5.79. The molecular weight excluding hydrogens is 276 g/mol. The summed E-state index contributed by atoms with van der Waals surface area (Å²) in [7, 11) is 1.22. The molecule has 0 N–H and O–H groups in total. The van der Waals surface area contributed by atoms with Gasteiger partial charge in [-0.15, -0.1) is 0 Å². The van der Waals surface area contributed by atoms with E-state index < -0.39 is 23.5 Å². The molecule has 2 rings (SSSR count). The van der Waals surface area contributed by atoms with E-state index in [4.69, 9.17) is 11.6 Å². The fourth-order valence-electron chi connectivity index (χ4n) is 1.91. The Morgan fingerprint density at radius 1 is 1.37 bits per heavy atom. The Bertz CT molecular complexity index is 661. The van der Waals surface area contributed by atoms with Crippen LogP contribution in [-0.2, 0) is 9.53 Å². The SMILES string of the molecule is COC(=O)C(C)c1cc(Cl)nc2c(F)ccc(F)c12. The van der Waals surface area contributed by atoms with Crippen LogP contribution in [0.15, 0.2) is 18.2 Å². The molecule has 1 atom stereocenters. The monoisotopic (exact) mass is 285 g/mol. The van der Waals surface area contributed by atoms with E-state index in [-0.39, 0.29) is 21.6 Å². The summed E-state index contributed by atoms with van der Waals surface area (Å²) in [4.78, 5) is 15.3. The number of fused-ring (bicyclic) bond motifs is 1. The van der Waals surface area contributed by atoms with Crippen molar-refractivity contribution in [2.75, 3.05) is 7.11 Å². The van der Waals surface area contributed by atoms with Crippen LogP contribution >= 0.6 is 11.6 Å². The number of methoxy groups -OCH3 is 1. The maximum absolute atomic E-state index is 13.9. The van der Waals surface area contributed by atoms with Gasteiger partial charge in [-0.3, -0.25) is 4.79 Å². The van der Waals surface area contributed by atoms with Crippen LogP contribution in [0, 0.1) is 11.6 Å². The molecule has 0 bridgehead atoms. The first kappa shape index (κ1) is 13.7. The van der Waals surface area contributed by atoms with Gasteiger partial charge < -0.3 is 4.74 Å². The number of benzene rings is 1. The van der Waals surface area contributed by atoms with E-state index in [9.17, 15) is 13.6 Å². The van der Waals surface area contributed by atoms with E-state index in [0.717, 1.165) is 12.1 Å². The standard InChI is InChI=1S/C13H10ClF2NO2/c1-6(13(18)19-2)7-5-10(14)17-12-9(16)4-3-8(15)11(7)12/h3-6H,1-2H3. The molecule has 0 aliphatic rings. The summed E-state index contributed by atoms with van der Waals surface area (Å²) in [5.74, 6) is -2.69. The van der Waals surface area contributed by atoms with Crippen LogP contribution in [0.4, 0.5) is 8.78 Å². The number of carbonyl (C=O) groups is 1. The van der Waals surface area contributed by atoms with Gasteiger partial charge in [0, 0.05) is 5.39 Å². The maximum atomic E-state index is 13.9. The van der Waals surface area contributed by atoms with Crippen molar-refractivity contribution in [1.82, 2.24) is 4.98 Å². The van der Waals surface area contributed by atoms with E-state index in [2.05, 4.69) is 9.72 Å². The van der Waals surface area contributed by atoms with Crippen LogP contribution in [0.2, 0.25) is 5.15 Å². The highest BCUT2D eigenvalue weighted by atomic mass is 35.5. The highest BCUT2D eigenvalue weighted by Crippen LogP contribution is 2.31. The molecule has 1 heterocycles. The normalized spacial score (nSPS) is 12.5. The lowest BCUT2D eigenvalue weighted by Crippen LogP contribution is -2.12. The Balaban J connectivity index is 2.80. The summed E-state index contributed by atoms with van der Waals surface area (Å²) in [6.07, 6.45) is 0. The third kappa shape index (κ3) is 2.38. The molecule has 0 fully saturated rings. The third-order valence-electron chi connectivity index (χ3n) is 2.88. The van der Waals surface area contributed by atoms with Crippen LogP contribution in [0.3, 0.4) is 0 Å². The molecule has 19 heavy (non-hydrogen) atoms. The lowest BCUT2D eigenvalue weighted by Gasteiger charge is -2.13. The van der Waals surface area contributed by atoms with Crippen LogP contribution in [0.5, 0.6) is 0 Å². The Kier molecular flexibility index (Phi) is 3.66. The molecule has 100 valence electrons. The second-order valence-electron chi connectivity index (χ2n) is 4.03. The minimum Gasteiger partial charge on any atom is -0.469 e. The summed E-state index contributed by atoms with van der Waals surface area (Å²) in [5, 5.41) is -0.0648. The van der Waals surface area contributed by atoms with Crippen molar-refractivity contribution in [2.45, 2.75) is 12.8 Å². The highest BCUT2D eigenvalue weighted by molar-refractivity contribution is 6.30. The number of rotatable bonds is 2. The van der Waals surface area contributed by atoms with Gasteiger partial charge in [-0.2, -0.15) is 0 Å². The molecule has 0 saturated heterocycles. The lowest BCUT2D eigenvalue weighted by molar-refractivity contribution is -0.141. The van der Waals surface area contributed by atoms with Gasteiger partial charge in [-0.05, 0) is 30.7 Å². The summed E-state index contributed by atoms with van der Waals surface area (Å²) in [6.45, 7) is 1.53. The van der Waals surface area contributed by atoms with Gasteiger partial charge in [0.15, 0.2) is 0 Å². The van der Waals surface area contributed by atoms with Crippen molar-refractivity contribution in [3.8, 4) is 0 Å². The Morgan fingerprint density at radius 3 is 2.63 bits per heavy atom. The van der Waals surface area contributed by atoms with Crippen molar-refractivity contribution >= 4 is 28.5 Å². The number of carbonyl (C=O) groups excluding carboxylic acids is 1. The summed E-state index contributed by atoms with van der Waals surface area (Å²) in [6, 6.07) is 3.29. The van der Waals surface area contributed by atoms with Gasteiger partial charge in [-0.25, -0.2) is 13.8 Å². The second kappa shape index (κ2) is 5.09. The average molecular weight is 286 g/mol. The van der Waals surface area contributed by atoms with Crippen LogP contribution in [0.1, 0.15) is 18.4 Å². The van der Waals surface area contributed by atoms with E-state index in [1.165, 1.54) is 20.1 Å². The zero-order chi connectivity index (χ0) is 14.2. The molecule has 0 aliphatic carbocycles. The Labute approximate surface area is 113 Å². The van der Waals surface area contributed by atoms with Crippen LogP contribution in [-0.4, -0.2) is 18.1 Å².